The highest BCUT2D eigenvalue weighted by Gasteiger charge is 2.14. The molecule has 0 spiro atoms. The van der Waals surface area contributed by atoms with Gasteiger partial charge in [0.1, 0.15) is 0 Å². The van der Waals surface area contributed by atoms with Gasteiger partial charge in [0.25, 0.3) is 0 Å². The quantitative estimate of drug-likeness (QED) is 0.0471. The van der Waals surface area contributed by atoms with Gasteiger partial charge >= 0.3 is 11.9 Å². The summed E-state index contributed by atoms with van der Waals surface area (Å²) in [5.74, 6) is 1.41. The Bertz CT molecular complexity index is 794. The molecule has 0 aromatic rings. The maximum Gasteiger partial charge on any atom is 0.305 e. The monoisotopic (exact) mass is 768 g/mol. The number of ether oxygens (including phenoxy) is 2. The van der Waals surface area contributed by atoms with E-state index in [1.165, 1.54) is 103 Å². The fourth-order valence-corrected chi connectivity index (χ4v) is 7.74. The number of esters is 2. The summed E-state index contributed by atoms with van der Waals surface area (Å²) in [7, 11) is 0. The molecule has 3 atom stereocenters. The van der Waals surface area contributed by atoms with E-state index in [2.05, 4.69) is 32.6 Å². The van der Waals surface area contributed by atoms with E-state index < -0.39 is 6.10 Å². The third-order valence-corrected chi connectivity index (χ3v) is 11.3. The van der Waals surface area contributed by atoms with Crippen LogP contribution >= 0.6 is 0 Å². The van der Waals surface area contributed by atoms with Crippen molar-refractivity contribution in [2.24, 2.45) is 11.8 Å². The van der Waals surface area contributed by atoms with Gasteiger partial charge < -0.3 is 24.6 Å². The molecule has 0 saturated heterocycles. The van der Waals surface area contributed by atoms with E-state index in [1.807, 2.05) is 0 Å². The van der Waals surface area contributed by atoms with Crippen molar-refractivity contribution in [2.75, 3.05) is 39.5 Å². The molecule has 3 unspecified atom stereocenters. The van der Waals surface area contributed by atoms with Crippen LogP contribution in [-0.2, 0) is 19.1 Å². The Morgan fingerprint density at radius 3 is 1.33 bits per heavy atom. The molecule has 2 N–H and O–H groups in total. The van der Waals surface area contributed by atoms with Crippen LogP contribution in [0.1, 0.15) is 233 Å². The Kier molecular flexibility index (Phi) is 40.5. The third kappa shape index (κ3) is 36.5. The van der Waals surface area contributed by atoms with Gasteiger partial charge in [-0.2, -0.15) is 0 Å². The molecule has 0 aromatic heterocycles. The number of hydrogen-bond acceptors (Lipinski definition) is 7. The van der Waals surface area contributed by atoms with Crippen molar-refractivity contribution in [3.8, 4) is 0 Å². The molecule has 0 aliphatic rings. The topological polar surface area (TPSA) is 96.3 Å². The maximum atomic E-state index is 12.4. The largest absolute Gasteiger partial charge is 0.466 e. The molecule has 0 fully saturated rings. The lowest BCUT2D eigenvalue weighted by atomic mass is 9.90. The Hall–Kier alpha value is -1.18. The summed E-state index contributed by atoms with van der Waals surface area (Å²) in [6.45, 7) is 12.8. The first-order valence-corrected chi connectivity index (χ1v) is 23.7. The molecule has 0 heterocycles. The fraction of sp³-hybridized carbons (Fsp3) is 0.957. The van der Waals surface area contributed by atoms with Crippen LogP contribution in [-0.4, -0.2) is 72.6 Å². The number of hydrogen-bond donors (Lipinski definition) is 2. The van der Waals surface area contributed by atoms with Crippen LogP contribution in [0.15, 0.2) is 0 Å². The van der Waals surface area contributed by atoms with Crippen molar-refractivity contribution in [1.29, 1.82) is 0 Å². The molecule has 0 rings (SSSR count). The van der Waals surface area contributed by atoms with Crippen molar-refractivity contribution in [1.82, 2.24) is 4.90 Å². The lowest BCUT2D eigenvalue weighted by Gasteiger charge is -2.25. The predicted octanol–water partition coefficient (Wildman–Crippen LogP) is 12.5. The first-order valence-electron chi connectivity index (χ1n) is 23.7. The van der Waals surface area contributed by atoms with Gasteiger partial charge in [-0.25, -0.2) is 0 Å². The van der Waals surface area contributed by atoms with Crippen LogP contribution < -0.4 is 0 Å². The summed E-state index contributed by atoms with van der Waals surface area (Å²) in [4.78, 5) is 27.1. The average molecular weight is 768 g/mol. The highest BCUT2D eigenvalue weighted by Crippen LogP contribution is 2.24. The highest BCUT2D eigenvalue weighted by molar-refractivity contribution is 5.69. The van der Waals surface area contributed by atoms with E-state index in [0.717, 1.165) is 108 Å². The number of aliphatic hydroxyl groups excluding tert-OH is 2. The van der Waals surface area contributed by atoms with Gasteiger partial charge in [-0.05, 0) is 102 Å². The van der Waals surface area contributed by atoms with Crippen LogP contribution in [0.25, 0.3) is 0 Å². The standard InChI is InChI=1S/C47H93NO6/c1-5-9-13-18-30-43(28-11-7-3)32-26-35-46(51)53-40-24-16-15-21-37-48(38-22-17-23-39-49)42-45(50)34-20-25-41-54-47(52)36-27-33-44(29-12-8-4)31-19-14-10-6-2/h43-45,49-50H,5-42H2,1-4H3. The molecule has 0 aliphatic heterocycles. The molecule has 54 heavy (non-hydrogen) atoms. The number of carbonyl (C=O) groups excluding carboxylic acids is 2. The van der Waals surface area contributed by atoms with Gasteiger partial charge in [-0.15, -0.1) is 0 Å². The summed E-state index contributed by atoms with van der Waals surface area (Å²) in [6.07, 6.45) is 35.0. The zero-order chi connectivity index (χ0) is 39.7. The first kappa shape index (κ1) is 52.8. The molecule has 0 aromatic carbocycles. The van der Waals surface area contributed by atoms with E-state index >= 15 is 0 Å². The molecule has 0 amide bonds. The SMILES string of the molecule is CCCCCCC(CCCC)CCCC(=O)OCCCCCCN(CCCCCO)CC(O)CCCCOC(=O)CCCC(CCCC)CCCCCC. The van der Waals surface area contributed by atoms with Crippen LogP contribution in [0.5, 0.6) is 0 Å². The second-order valence-electron chi connectivity index (χ2n) is 16.6. The number of rotatable bonds is 43. The minimum atomic E-state index is -0.390. The second kappa shape index (κ2) is 41.5. The lowest BCUT2D eigenvalue weighted by molar-refractivity contribution is -0.144. The summed E-state index contributed by atoms with van der Waals surface area (Å²) in [5, 5.41) is 20.0. The zero-order valence-electron chi connectivity index (χ0n) is 36.6. The van der Waals surface area contributed by atoms with Gasteiger partial charge in [0.15, 0.2) is 0 Å². The average Bonchev–Trinajstić information content (AvgIpc) is 3.16. The molecule has 0 radical (unpaired) electrons. The Labute approximate surface area is 335 Å². The molecular formula is C47H93NO6. The summed E-state index contributed by atoms with van der Waals surface area (Å²) in [5.41, 5.74) is 0. The molecule has 0 aliphatic carbocycles. The van der Waals surface area contributed by atoms with Crippen LogP contribution in [0.4, 0.5) is 0 Å². The van der Waals surface area contributed by atoms with Crippen molar-refractivity contribution in [3.63, 3.8) is 0 Å². The number of aliphatic hydroxyl groups is 2. The predicted molar refractivity (Wildman–Crippen MR) is 229 cm³/mol. The number of nitrogens with zero attached hydrogens (tertiary/aromatic N) is 1. The van der Waals surface area contributed by atoms with E-state index in [4.69, 9.17) is 9.47 Å². The van der Waals surface area contributed by atoms with Crippen molar-refractivity contribution in [2.45, 2.75) is 239 Å². The minimum absolute atomic E-state index is 0.0360. The van der Waals surface area contributed by atoms with Crippen LogP contribution in [0.3, 0.4) is 0 Å². The van der Waals surface area contributed by atoms with Crippen LogP contribution in [0, 0.1) is 11.8 Å². The van der Waals surface area contributed by atoms with Gasteiger partial charge in [-0.1, -0.05) is 143 Å². The number of unbranched alkanes of at least 4 members (excludes halogenated alkanes) is 14. The van der Waals surface area contributed by atoms with Crippen molar-refractivity contribution in [3.05, 3.63) is 0 Å². The van der Waals surface area contributed by atoms with E-state index in [9.17, 15) is 19.8 Å². The van der Waals surface area contributed by atoms with Gasteiger partial charge in [0.2, 0.25) is 0 Å². The molecule has 7 heteroatoms. The summed E-state index contributed by atoms with van der Waals surface area (Å²) >= 11 is 0. The smallest absolute Gasteiger partial charge is 0.305 e. The molecular weight excluding hydrogens is 675 g/mol. The molecule has 0 bridgehead atoms. The van der Waals surface area contributed by atoms with Gasteiger partial charge in [0.05, 0.1) is 19.3 Å². The lowest BCUT2D eigenvalue weighted by Crippen LogP contribution is -2.34. The fourth-order valence-electron chi connectivity index (χ4n) is 7.74. The van der Waals surface area contributed by atoms with Crippen molar-refractivity contribution >= 4 is 11.9 Å². The van der Waals surface area contributed by atoms with Gasteiger partial charge in [0, 0.05) is 26.0 Å². The van der Waals surface area contributed by atoms with Gasteiger partial charge in [-0.3, -0.25) is 9.59 Å². The van der Waals surface area contributed by atoms with Crippen molar-refractivity contribution < 1.29 is 29.3 Å². The molecule has 322 valence electrons. The normalized spacial score (nSPS) is 13.3. The highest BCUT2D eigenvalue weighted by atomic mass is 16.5. The summed E-state index contributed by atoms with van der Waals surface area (Å²) in [6, 6.07) is 0. The second-order valence-corrected chi connectivity index (χ2v) is 16.6. The molecule has 7 nitrogen and oxygen atoms in total. The maximum absolute atomic E-state index is 12.4. The zero-order valence-corrected chi connectivity index (χ0v) is 36.6. The van der Waals surface area contributed by atoms with E-state index in [0.29, 0.717) is 39.0 Å². The Balaban J connectivity index is 4.22. The van der Waals surface area contributed by atoms with Crippen LogP contribution in [0.2, 0.25) is 0 Å². The van der Waals surface area contributed by atoms with E-state index in [1.54, 1.807) is 0 Å². The third-order valence-electron chi connectivity index (χ3n) is 11.3. The first-order chi connectivity index (χ1) is 26.4. The van der Waals surface area contributed by atoms with E-state index in [-0.39, 0.29) is 18.5 Å². The Morgan fingerprint density at radius 1 is 0.463 bits per heavy atom. The molecule has 0 saturated carbocycles. The summed E-state index contributed by atoms with van der Waals surface area (Å²) < 4.78 is 11.1. The minimum Gasteiger partial charge on any atom is -0.466 e. The Morgan fingerprint density at radius 2 is 0.852 bits per heavy atom. The number of carbonyl (C=O) groups is 2.